The summed E-state index contributed by atoms with van der Waals surface area (Å²) in [4.78, 5) is 24.4. The van der Waals surface area contributed by atoms with Crippen LogP contribution in [0.4, 0.5) is 5.69 Å². The Hall–Kier alpha value is -2.14. The minimum Gasteiger partial charge on any atom is -0.463 e. The lowest BCUT2D eigenvalue weighted by Crippen LogP contribution is -2.15. The molecule has 5 heteroatoms. The van der Waals surface area contributed by atoms with Crippen molar-refractivity contribution in [2.45, 2.75) is 26.4 Å². The van der Waals surface area contributed by atoms with Gasteiger partial charge in [0, 0.05) is 21.3 Å². The van der Waals surface area contributed by atoms with Gasteiger partial charge >= 0.3 is 5.97 Å². The van der Waals surface area contributed by atoms with E-state index in [2.05, 4.69) is 15.9 Å². The third-order valence-corrected chi connectivity index (χ3v) is 3.78. The molecule has 0 amide bonds. The summed E-state index contributed by atoms with van der Waals surface area (Å²) < 4.78 is 6.02. The summed E-state index contributed by atoms with van der Waals surface area (Å²) in [5, 5.41) is 0. The van der Waals surface area contributed by atoms with E-state index in [0.717, 1.165) is 4.47 Å². The van der Waals surface area contributed by atoms with Gasteiger partial charge in [-0.2, -0.15) is 0 Å². The van der Waals surface area contributed by atoms with E-state index in [1.165, 1.54) is 0 Å². The fourth-order valence-corrected chi connectivity index (χ4v) is 2.45. The molecule has 0 fully saturated rings. The van der Waals surface area contributed by atoms with Crippen LogP contribution in [-0.4, -0.2) is 17.9 Å². The molecule has 2 N–H and O–H groups in total. The van der Waals surface area contributed by atoms with Crippen LogP contribution in [0.2, 0.25) is 0 Å². The maximum Gasteiger partial charge on any atom is 0.310 e. The maximum absolute atomic E-state index is 12.6. The van der Waals surface area contributed by atoms with Gasteiger partial charge in [0.15, 0.2) is 5.78 Å². The van der Waals surface area contributed by atoms with E-state index in [-0.39, 0.29) is 24.3 Å². The highest BCUT2D eigenvalue weighted by Crippen LogP contribution is 2.22. The first-order valence-electron chi connectivity index (χ1n) is 7.25. The van der Waals surface area contributed by atoms with Crippen molar-refractivity contribution < 1.29 is 14.3 Å². The molecule has 0 radical (unpaired) electrons. The van der Waals surface area contributed by atoms with Gasteiger partial charge in [0.2, 0.25) is 0 Å². The quantitative estimate of drug-likeness (QED) is 0.490. The number of halogens is 1. The Morgan fingerprint density at radius 2 is 1.78 bits per heavy atom. The van der Waals surface area contributed by atoms with Crippen LogP contribution in [0, 0.1) is 0 Å². The molecule has 0 saturated heterocycles. The molecule has 2 aromatic carbocycles. The number of anilines is 1. The molecule has 0 atom stereocenters. The maximum atomic E-state index is 12.6. The number of para-hydroxylation sites is 1. The minimum absolute atomic E-state index is 0.0471. The second kappa shape index (κ2) is 7.42. The monoisotopic (exact) mass is 375 g/mol. The van der Waals surface area contributed by atoms with Crippen LogP contribution in [0.1, 0.15) is 35.3 Å². The number of rotatable bonds is 5. The summed E-state index contributed by atoms with van der Waals surface area (Å²) in [7, 11) is 0. The predicted molar refractivity (Wildman–Crippen MR) is 93.4 cm³/mol. The Morgan fingerprint density at radius 3 is 2.39 bits per heavy atom. The molecule has 0 aliphatic heterocycles. The van der Waals surface area contributed by atoms with Gasteiger partial charge in [0.25, 0.3) is 0 Å². The number of ketones is 1. The Kier molecular flexibility index (Phi) is 5.55. The fraction of sp³-hybridized carbons (Fsp3) is 0.222. The lowest BCUT2D eigenvalue weighted by atomic mass is 9.98. The molecule has 0 heterocycles. The molecule has 2 rings (SSSR count). The lowest BCUT2D eigenvalue weighted by Gasteiger charge is -2.12. The molecule has 23 heavy (non-hydrogen) atoms. The van der Waals surface area contributed by atoms with Crippen molar-refractivity contribution in [3.8, 4) is 0 Å². The largest absolute Gasteiger partial charge is 0.463 e. The topological polar surface area (TPSA) is 69.4 Å². The number of carbonyl (C=O) groups excluding carboxylic acids is 2. The molecular formula is C18H18BrNO3. The number of ether oxygens (including phenoxy) is 1. The summed E-state index contributed by atoms with van der Waals surface area (Å²) in [5.41, 5.74) is 7.94. The first-order valence-corrected chi connectivity index (χ1v) is 8.05. The second-order valence-electron chi connectivity index (χ2n) is 5.43. The van der Waals surface area contributed by atoms with E-state index < -0.39 is 0 Å². The van der Waals surface area contributed by atoms with Crippen molar-refractivity contribution >= 4 is 33.4 Å². The molecule has 4 nitrogen and oxygen atoms in total. The van der Waals surface area contributed by atoms with E-state index in [1.807, 2.05) is 0 Å². The van der Waals surface area contributed by atoms with Crippen molar-refractivity contribution in [2.24, 2.45) is 0 Å². The number of esters is 1. The average Bonchev–Trinajstić information content (AvgIpc) is 2.48. The van der Waals surface area contributed by atoms with E-state index in [4.69, 9.17) is 10.5 Å². The molecule has 0 saturated carbocycles. The van der Waals surface area contributed by atoms with Gasteiger partial charge < -0.3 is 10.5 Å². The number of benzene rings is 2. The van der Waals surface area contributed by atoms with E-state index in [1.54, 1.807) is 56.3 Å². The summed E-state index contributed by atoms with van der Waals surface area (Å²) in [5.74, 6) is -0.533. The molecular weight excluding hydrogens is 358 g/mol. The van der Waals surface area contributed by atoms with Crippen molar-refractivity contribution in [1.82, 2.24) is 0 Å². The number of nitrogen functional groups attached to an aromatic ring is 1. The highest BCUT2D eigenvalue weighted by atomic mass is 79.9. The third kappa shape index (κ3) is 4.42. The number of hydrogen-bond donors (Lipinski definition) is 1. The summed E-state index contributed by atoms with van der Waals surface area (Å²) in [6.07, 6.45) is -0.137. The molecule has 0 aromatic heterocycles. The van der Waals surface area contributed by atoms with E-state index in [9.17, 15) is 9.59 Å². The van der Waals surface area contributed by atoms with Gasteiger partial charge in [-0.1, -0.05) is 28.1 Å². The van der Waals surface area contributed by atoms with Gasteiger partial charge in [-0.05, 0) is 49.7 Å². The second-order valence-corrected chi connectivity index (χ2v) is 6.35. The molecule has 0 aliphatic rings. The van der Waals surface area contributed by atoms with Crippen LogP contribution in [0.3, 0.4) is 0 Å². The number of nitrogens with two attached hydrogens (primary N) is 1. The van der Waals surface area contributed by atoms with Crippen LogP contribution < -0.4 is 5.73 Å². The van der Waals surface area contributed by atoms with Crippen LogP contribution in [-0.2, 0) is 16.0 Å². The molecule has 2 aromatic rings. The highest BCUT2D eigenvalue weighted by Gasteiger charge is 2.17. The summed E-state index contributed by atoms with van der Waals surface area (Å²) >= 11 is 3.34. The smallest absolute Gasteiger partial charge is 0.310 e. The normalized spacial score (nSPS) is 10.6. The van der Waals surface area contributed by atoms with E-state index in [0.29, 0.717) is 22.4 Å². The first kappa shape index (κ1) is 17.2. The Bertz CT molecular complexity index is 724. The van der Waals surface area contributed by atoms with Crippen LogP contribution in [0.15, 0.2) is 46.9 Å². The third-order valence-electron chi connectivity index (χ3n) is 3.25. The van der Waals surface area contributed by atoms with Crippen LogP contribution in [0.5, 0.6) is 0 Å². The van der Waals surface area contributed by atoms with Gasteiger partial charge in [-0.3, -0.25) is 9.59 Å². The number of hydrogen-bond acceptors (Lipinski definition) is 4. The zero-order valence-corrected chi connectivity index (χ0v) is 14.6. The molecule has 0 spiro atoms. The zero-order chi connectivity index (χ0) is 17.0. The molecule has 120 valence electrons. The highest BCUT2D eigenvalue weighted by molar-refractivity contribution is 9.10. The van der Waals surface area contributed by atoms with Crippen molar-refractivity contribution in [3.05, 3.63) is 63.6 Å². The predicted octanol–water partition coefficient (Wildman–Crippen LogP) is 3.76. The standard InChI is InChI=1S/C18H18BrNO3/c1-11(2)23-16(21)10-13-4-3-5-15(17(13)20)18(22)12-6-8-14(19)9-7-12/h3-9,11H,10,20H2,1-2H3. The summed E-state index contributed by atoms with van der Waals surface area (Å²) in [6.45, 7) is 3.57. The Balaban J connectivity index is 2.27. The Morgan fingerprint density at radius 1 is 1.13 bits per heavy atom. The minimum atomic E-state index is -0.361. The van der Waals surface area contributed by atoms with Gasteiger partial charge in [0.1, 0.15) is 0 Å². The Labute approximate surface area is 143 Å². The molecule has 0 bridgehead atoms. The van der Waals surface area contributed by atoms with Crippen LogP contribution >= 0.6 is 15.9 Å². The van der Waals surface area contributed by atoms with Crippen molar-refractivity contribution in [2.75, 3.05) is 5.73 Å². The van der Waals surface area contributed by atoms with Gasteiger partial charge in [-0.15, -0.1) is 0 Å². The SMILES string of the molecule is CC(C)OC(=O)Cc1cccc(C(=O)c2ccc(Br)cc2)c1N. The average molecular weight is 376 g/mol. The fourth-order valence-electron chi connectivity index (χ4n) is 2.18. The molecule has 0 unspecified atom stereocenters. The van der Waals surface area contributed by atoms with E-state index >= 15 is 0 Å². The van der Waals surface area contributed by atoms with Gasteiger partial charge in [0.05, 0.1) is 12.5 Å². The van der Waals surface area contributed by atoms with Crippen molar-refractivity contribution in [3.63, 3.8) is 0 Å². The van der Waals surface area contributed by atoms with Crippen molar-refractivity contribution in [1.29, 1.82) is 0 Å². The molecule has 0 aliphatic carbocycles. The van der Waals surface area contributed by atoms with Gasteiger partial charge in [-0.25, -0.2) is 0 Å². The number of carbonyl (C=O) groups is 2. The first-order chi connectivity index (χ1) is 10.9. The van der Waals surface area contributed by atoms with Crippen LogP contribution in [0.25, 0.3) is 0 Å². The lowest BCUT2D eigenvalue weighted by molar-refractivity contribution is -0.146. The zero-order valence-electron chi connectivity index (χ0n) is 13.0. The summed E-state index contributed by atoms with van der Waals surface area (Å²) in [6, 6.07) is 12.2.